The second kappa shape index (κ2) is 15.7. The Kier molecular flexibility index (Phi) is 14.2. The molecular weight excluding hydrogens is 591 g/mol. The summed E-state index contributed by atoms with van der Waals surface area (Å²) in [6, 6.07) is 4.15. The summed E-state index contributed by atoms with van der Waals surface area (Å²) in [6.07, 6.45) is -9.57. The number of halogens is 9. The lowest BCUT2D eigenvalue weighted by atomic mass is 9.96. The highest BCUT2D eigenvalue weighted by Crippen LogP contribution is 2.29. The number of carbonyl (C=O) groups is 3. The number of hydrogen-bond donors (Lipinski definition) is 3. The lowest BCUT2D eigenvalue weighted by Gasteiger charge is -2.32. The number of aryl methyl sites for hydroxylation is 1. The maximum absolute atomic E-state index is 10.6. The Bertz CT molecular complexity index is 1060. The summed E-state index contributed by atoms with van der Waals surface area (Å²) in [5.74, 6) is -7.88. The fourth-order valence-corrected chi connectivity index (χ4v) is 3.04. The van der Waals surface area contributed by atoms with Crippen molar-refractivity contribution < 1.29 is 74.0 Å². The molecule has 0 aliphatic carbocycles. The fourth-order valence-electron chi connectivity index (χ4n) is 3.04. The molecule has 232 valence electrons. The van der Waals surface area contributed by atoms with E-state index in [2.05, 4.69) is 27.1 Å². The average molecular weight is 614 g/mol. The van der Waals surface area contributed by atoms with E-state index in [0.29, 0.717) is 5.92 Å². The highest BCUT2D eigenvalue weighted by molar-refractivity contribution is 5.73. The standard InChI is InChI=1S/C15H20N4O.3C2HF3O2/c1-18-15-13(7-17-18)9-19(10-14(15)11-20-2)8-12-3-5-16-6-4-12;3*3-2(4,5)1(6)7/h3-7,14H,8-11H2,1-2H3;3*(H,6,7). The maximum Gasteiger partial charge on any atom is 0.490 e. The molecule has 0 fully saturated rings. The average Bonchev–Trinajstić information content (AvgIpc) is 3.20. The van der Waals surface area contributed by atoms with Crippen molar-refractivity contribution in [1.82, 2.24) is 19.7 Å². The van der Waals surface area contributed by atoms with Crippen molar-refractivity contribution in [2.45, 2.75) is 37.5 Å². The number of nitrogens with zero attached hydrogens (tertiary/aromatic N) is 4. The summed E-state index contributed by atoms with van der Waals surface area (Å²) in [6.45, 7) is 3.63. The lowest BCUT2D eigenvalue weighted by molar-refractivity contribution is -0.193. The third-order valence-electron chi connectivity index (χ3n) is 4.57. The van der Waals surface area contributed by atoms with Gasteiger partial charge in [0.15, 0.2) is 0 Å². The number of aromatic nitrogens is 3. The first-order chi connectivity index (χ1) is 18.6. The van der Waals surface area contributed by atoms with Crippen LogP contribution in [-0.4, -0.2) is 91.7 Å². The van der Waals surface area contributed by atoms with Crippen LogP contribution in [0.5, 0.6) is 0 Å². The second-order valence-corrected chi connectivity index (χ2v) is 7.76. The van der Waals surface area contributed by atoms with E-state index in [1.165, 1.54) is 16.8 Å². The first kappa shape index (κ1) is 37.1. The summed E-state index contributed by atoms with van der Waals surface area (Å²) in [4.78, 5) is 33.2. The van der Waals surface area contributed by atoms with E-state index in [1.807, 2.05) is 30.3 Å². The van der Waals surface area contributed by atoms with Gasteiger partial charge in [0.1, 0.15) is 0 Å². The van der Waals surface area contributed by atoms with Crippen molar-refractivity contribution in [2.24, 2.45) is 7.05 Å². The topological polar surface area (TPSA) is 155 Å². The van der Waals surface area contributed by atoms with Crippen molar-refractivity contribution in [2.75, 3.05) is 20.3 Å². The van der Waals surface area contributed by atoms with E-state index >= 15 is 0 Å². The largest absolute Gasteiger partial charge is 0.490 e. The molecule has 1 atom stereocenters. The number of alkyl halides is 9. The first-order valence-corrected chi connectivity index (χ1v) is 10.6. The van der Waals surface area contributed by atoms with Crippen LogP contribution in [0, 0.1) is 0 Å². The van der Waals surface area contributed by atoms with Crippen LogP contribution < -0.4 is 0 Å². The zero-order valence-electron chi connectivity index (χ0n) is 21.0. The third kappa shape index (κ3) is 14.3. The van der Waals surface area contributed by atoms with Gasteiger partial charge < -0.3 is 20.1 Å². The van der Waals surface area contributed by atoms with E-state index in [9.17, 15) is 39.5 Å². The van der Waals surface area contributed by atoms with Gasteiger partial charge in [0.2, 0.25) is 0 Å². The third-order valence-corrected chi connectivity index (χ3v) is 4.57. The van der Waals surface area contributed by atoms with Gasteiger partial charge in [-0.1, -0.05) is 0 Å². The molecule has 2 aromatic heterocycles. The molecule has 1 unspecified atom stereocenters. The van der Waals surface area contributed by atoms with Crippen LogP contribution in [0.2, 0.25) is 0 Å². The minimum absolute atomic E-state index is 0.387. The maximum atomic E-state index is 10.6. The van der Waals surface area contributed by atoms with Crippen LogP contribution >= 0.6 is 0 Å². The summed E-state index contributed by atoms with van der Waals surface area (Å²) in [5.41, 5.74) is 3.93. The molecule has 0 saturated carbocycles. The van der Waals surface area contributed by atoms with Crippen molar-refractivity contribution >= 4 is 17.9 Å². The number of fused-ring (bicyclic) bond motifs is 1. The van der Waals surface area contributed by atoms with Crippen LogP contribution in [0.3, 0.4) is 0 Å². The quantitative estimate of drug-likeness (QED) is 0.436. The zero-order valence-corrected chi connectivity index (χ0v) is 21.0. The van der Waals surface area contributed by atoms with Gasteiger partial charge in [-0.15, -0.1) is 0 Å². The van der Waals surface area contributed by atoms with Gasteiger partial charge in [0, 0.05) is 63.4 Å². The van der Waals surface area contributed by atoms with E-state index in [-0.39, 0.29) is 0 Å². The molecule has 3 N–H and O–H groups in total. The van der Waals surface area contributed by atoms with E-state index in [0.717, 1.165) is 26.2 Å². The van der Waals surface area contributed by atoms with Gasteiger partial charge in [0.05, 0.1) is 12.8 Å². The number of ether oxygens (including phenoxy) is 1. The zero-order chi connectivity index (χ0) is 32.2. The Labute approximate surface area is 224 Å². The molecule has 0 bridgehead atoms. The number of rotatable bonds is 4. The smallest absolute Gasteiger partial charge is 0.475 e. The van der Waals surface area contributed by atoms with Crippen molar-refractivity contribution in [3.63, 3.8) is 0 Å². The molecule has 2 aromatic rings. The number of aliphatic carboxylic acids is 3. The Morgan fingerprint density at radius 3 is 1.68 bits per heavy atom. The number of pyridine rings is 1. The molecule has 0 amide bonds. The summed E-state index contributed by atoms with van der Waals surface area (Å²) in [7, 11) is 3.78. The Morgan fingerprint density at radius 1 is 0.902 bits per heavy atom. The van der Waals surface area contributed by atoms with E-state index < -0.39 is 36.4 Å². The van der Waals surface area contributed by atoms with Crippen LogP contribution in [-0.2, 0) is 39.3 Å². The van der Waals surface area contributed by atoms with Gasteiger partial charge in [0.25, 0.3) is 0 Å². The molecular formula is C21H23F9N4O7. The van der Waals surface area contributed by atoms with Gasteiger partial charge in [-0.2, -0.15) is 44.6 Å². The van der Waals surface area contributed by atoms with E-state index in [1.54, 1.807) is 7.11 Å². The van der Waals surface area contributed by atoms with Crippen molar-refractivity contribution in [3.8, 4) is 0 Å². The van der Waals surface area contributed by atoms with Crippen LogP contribution in [0.25, 0.3) is 0 Å². The summed E-state index contributed by atoms with van der Waals surface area (Å²) in [5, 5.41) is 25.8. The monoisotopic (exact) mass is 614 g/mol. The predicted octanol–water partition coefficient (Wildman–Crippen LogP) is 3.46. The molecule has 0 radical (unpaired) electrons. The minimum Gasteiger partial charge on any atom is -0.475 e. The Morgan fingerprint density at radius 2 is 1.32 bits per heavy atom. The highest BCUT2D eigenvalue weighted by atomic mass is 19.4. The molecule has 0 saturated heterocycles. The Balaban J connectivity index is 0.000000631. The molecule has 1 aliphatic rings. The lowest BCUT2D eigenvalue weighted by Crippen LogP contribution is -2.35. The van der Waals surface area contributed by atoms with E-state index in [4.69, 9.17) is 34.4 Å². The molecule has 3 rings (SSSR count). The van der Waals surface area contributed by atoms with Crippen molar-refractivity contribution in [1.29, 1.82) is 0 Å². The van der Waals surface area contributed by atoms with Crippen molar-refractivity contribution in [3.05, 3.63) is 47.5 Å². The molecule has 41 heavy (non-hydrogen) atoms. The van der Waals surface area contributed by atoms with Crippen LogP contribution in [0.1, 0.15) is 22.7 Å². The van der Waals surface area contributed by atoms with Crippen LogP contribution in [0.15, 0.2) is 30.7 Å². The van der Waals surface area contributed by atoms with Crippen LogP contribution in [0.4, 0.5) is 39.5 Å². The molecule has 0 spiro atoms. The Hall–Kier alpha value is -3.94. The number of carboxylic acids is 3. The van der Waals surface area contributed by atoms with Gasteiger partial charge in [-0.25, -0.2) is 14.4 Å². The molecule has 0 aromatic carbocycles. The highest BCUT2D eigenvalue weighted by Gasteiger charge is 2.39. The number of carboxylic acid groups (broad SMARTS) is 3. The van der Waals surface area contributed by atoms with Gasteiger partial charge >= 0.3 is 36.4 Å². The molecule has 1 aliphatic heterocycles. The van der Waals surface area contributed by atoms with Gasteiger partial charge in [-0.05, 0) is 17.7 Å². The minimum atomic E-state index is -5.08. The molecule has 11 nitrogen and oxygen atoms in total. The van der Waals surface area contributed by atoms with Gasteiger partial charge in [-0.3, -0.25) is 14.6 Å². The normalized spacial score (nSPS) is 15.0. The first-order valence-electron chi connectivity index (χ1n) is 10.6. The SMILES string of the molecule is COCC1CN(Cc2ccncc2)Cc2cnn(C)c21.O=C(O)C(F)(F)F.O=C(O)C(F)(F)F.O=C(O)C(F)(F)F. The number of hydrogen-bond acceptors (Lipinski definition) is 7. The second-order valence-electron chi connectivity index (χ2n) is 7.76. The summed E-state index contributed by atoms with van der Waals surface area (Å²) >= 11 is 0. The molecule has 20 heteroatoms. The predicted molar refractivity (Wildman–Crippen MR) is 117 cm³/mol. The molecule has 3 heterocycles. The summed E-state index contributed by atoms with van der Waals surface area (Å²) < 4.78 is 103. The number of methoxy groups -OCH3 is 1. The fraction of sp³-hybridized carbons (Fsp3) is 0.476.